The summed E-state index contributed by atoms with van der Waals surface area (Å²) in [6.45, 7) is 1.91. The van der Waals surface area contributed by atoms with Crippen molar-refractivity contribution in [3.05, 3.63) is 52.7 Å². The number of hydrogen-bond donors (Lipinski definition) is 1. The summed E-state index contributed by atoms with van der Waals surface area (Å²) in [5, 5.41) is 0. The zero-order valence-corrected chi connectivity index (χ0v) is 13.0. The number of thiophene rings is 1. The van der Waals surface area contributed by atoms with Crippen molar-refractivity contribution >= 4 is 21.4 Å². The number of hydrogen-bond acceptors (Lipinski definition) is 3. The molecule has 21 heavy (non-hydrogen) atoms. The van der Waals surface area contributed by atoms with Crippen LogP contribution in [0.25, 0.3) is 0 Å². The third-order valence-corrected chi connectivity index (χ3v) is 5.82. The molecule has 6 heteroatoms. The second-order valence-electron chi connectivity index (χ2n) is 4.18. The minimum absolute atomic E-state index is 0.0595. The monoisotopic (exact) mass is 323 g/mol. The molecule has 1 aromatic heterocycles. The molecule has 1 N–H and O–H groups in total. The second-order valence-corrected chi connectivity index (χ2v) is 7.34. The van der Waals surface area contributed by atoms with Gasteiger partial charge >= 0.3 is 0 Å². The largest absolute Gasteiger partial charge is 0.250 e. The van der Waals surface area contributed by atoms with Crippen LogP contribution in [0, 0.1) is 17.7 Å². The van der Waals surface area contributed by atoms with Gasteiger partial charge in [-0.1, -0.05) is 30.9 Å². The van der Waals surface area contributed by atoms with Crippen molar-refractivity contribution in [1.82, 2.24) is 4.72 Å². The van der Waals surface area contributed by atoms with Crippen LogP contribution >= 0.6 is 11.3 Å². The summed E-state index contributed by atoms with van der Waals surface area (Å²) in [4.78, 5) is 1.01. The maximum Gasteiger partial charge on any atom is 0.250 e. The van der Waals surface area contributed by atoms with E-state index < -0.39 is 15.8 Å². The van der Waals surface area contributed by atoms with Gasteiger partial charge in [-0.05, 0) is 30.7 Å². The Balaban J connectivity index is 2.02. The van der Waals surface area contributed by atoms with E-state index in [0.717, 1.165) is 11.3 Å². The minimum atomic E-state index is -3.54. The Morgan fingerprint density at radius 3 is 2.67 bits per heavy atom. The Labute approximate surface area is 127 Å². The molecule has 0 amide bonds. The molecule has 0 fully saturated rings. The van der Waals surface area contributed by atoms with Gasteiger partial charge in [-0.3, -0.25) is 0 Å². The van der Waals surface area contributed by atoms with Crippen LogP contribution in [-0.4, -0.2) is 15.0 Å². The van der Waals surface area contributed by atoms with Gasteiger partial charge in [0.2, 0.25) is 0 Å². The summed E-state index contributed by atoms with van der Waals surface area (Å²) in [5.41, 5.74) is 0.251. The lowest BCUT2D eigenvalue weighted by molar-refractivity contribution is 0.588. The van der Waals surface area contributed by atoms with Crippen molar-refractivity contribution in [1.29, 1.82) is 0 Å². The van der Waals surface area contributed by atoms with Crippen LogP contribution < -0.4 is 4.72 Å². The number of halogens is 1. The Morgan fingerprint density at radius 2 is 2.00 bits per heavy atom. The predicted molar refractivity (Wildman–Crippen MR) is 82.2 cm³/mol. The lowest BCUT2D eigenvalue weighted by Crippen LogP contribution is -2.23. The number of rotatable bonds is 4. The van der Waals surface area contributed by atoms with Crippen LogP contribution in [0.2, 0.25) is 0 Å². The van der Waals surface area contributed by atoms with Gasteiger partial charge in [0.25, 0.3) is 10.0 Å². The first-order chi connectivity index (χ1) is 10.0. The standard InChI is InChI=1S/C15H14FNO2S2/c1-2-13-9-10-15(20-13)21(18,19)17-11-5-7-12-6-3-4-8-14(12)16/h3-4,6,8-10,17H,2,11H2,1H3. The van der Waals surface area contributed by atoms with E-state index >= 15 is 0 Å². The summed E-state index contributed by atoms with van der Waals surface area (Å²) in [6, 6.07) is 9.48. The van der Waals surface area contributed by atoms with Gasteiger partial charge in [0, 0.05) is 4.88 Å². The van der Waals surface area contributed by atoms with Crippen LogP contribution in [0.1, 0.15) is 17.4 Å². The fourth-order valence-electron chi connectivity index (χ4n) is 1.60. The Hall–Kier alpha value is -1.68. The average Bonchev–Trinajstić information content (AvgIpc) is 2.95. The van der Waals surface area contributed by atoms with Crippen LogP contribution in [0.5, 0.6) is 0 Å². The topological polar surface area (TPSA) is 46.2 Å². The third-order valence-electron chi connectivity index (χ3n) is 2.70. The third kappa shape index (κ3) is 4.14. The second kappa shape index (κ2) is 6.85. The fourth-order valence-corrected chi connectivity index (χ4v) is 3.86. The van der Waals surface area contributed by atoms with E-state index in [-0.39, 0.29) is 16.3 Å². The number of benzene rings is 1. The van der Waals surface area contributed by atoms with Crippen molar-refractivity contribution in [3.8, 4) is 11.8 Å². The zero-order valence-electron chi connectivity index (χ0n) is 11.4. The molecule has 0 radical (unpaired) electrons. The van der Waals surface area contributed by atoms with Gasteiger partial charge in [-0.2, -0.15) is 4.72 Å². The van der Waals surface area contributed by atoms with Crippen LogP contribution in [0.15, 0.2) is 40.6 Å². The van der Waals surface area contributed by atoms with Crippen LogP contribution in [-0.2, 0) is 16.4 Å². The molecule has 0 aliphatic heterocycles. The molecule has 2 rings (SSSR count). The summed E-state index contributed by atoms with van der Waals surface area (Å²) in [7, 11) is -3.54. The molecule has 2 aromatic rings. The van der Waals surface area contributed by atoms with Crippen LogP contribution in [0.3, 0.4) is 0 Å². The van der Waals surface area contributed by atoms with E-state index in [4.69, 9.17) is 0 Å². The van der Waals surface area contributed by atoms with Gasteiger partial charge in [0.15, 0.2) is 0 Å². The molecule has 1 aromatic carbocycles. The maximum absolute atomic E-state index is 13.3. The first-order valence-electron chi connectivity index (χ1n) is 6.34. The summed E-state index contributed by atoms with van der Waals surface area (Å²) >= 11 is 1.24. The van der Waals surface area contributed by atoms with Gasteiger partial charge in [0.1, 0.15) is 10.0 Å². The molecule has 0 saturated heterocycles. The van der Waals surface area contributed by atoms with Gasteiger partial charge in [0.05, 0.1) is 12.1 Å². The zero-order chi connectivity index (χ0) is 15.3. The molecule has 0 atom stereocenters. The Morgan fingerprint density at radius 1 is 1.24 bits per heavy atom. The smallest absolute Gasteiger partial charge is 0.206 e. The van der Waals surface area contributed by atoms with E-state index in [1.807, 2.05) is 6.92 Å². The molecule has 0 spiro atoms. The normalized spacial score (nSPS) is 11.0. The fraction of sp³-hybridized carbons (Fsp3) is 0.200. The molecule has 110 valence electrons. The summed E-state index contributed by atoms with van der Waals surface area (Å²) in [6.07, 6.45) is 0.799. The van der Waals surface area contributed by atoms with Gasteiger partial charge in [-0.15, -0.1) is 11.3 Å². The van der Waals surface area contributed by atoms with Crippen molar-refractivity contribution in [2.24, 2.45) is 0 Å². The van der Waals surface area contributed by atoms with E-state index in [0.29, 0.717) is 0 Å². The van der Waals surface area contributed by atoms with Gasteiger partial charge < -0.3 is 0 Å². The lowest BCUT2D eigenvalue weighted by atomic mass is 10.2. The highest BCUT2D eigenvalue weighted by Gasteiger charge is 2.15. The molecule has 0 unspecified atom stereocenters. The predicted octanol–water partition coefficient (Wildman–Crippen LogP) is 2.78. The van der Waals surface area contributed by atoms with E-state index in [1.54, 1.807) is 30.3 Å². The number of nitrogens with one attached hydrogen (secondary N) is 1. The Kier molecular flexibility index (Phi) is 5.12. The van der Waals surface area contributed by atoms with E-state index in [1.165, 1.54) is 17.4 Å². The minimum Gasteiger partial charge on any atom is -0.206 e. The number of aryl methyl sites for hydroxylation is 1. The van der Waals surface area contributed by atoms with Crippen molar-refractivity contribution in [2.45, 2.75) is 17.6 Å². The van der Waals surface area contributed by atoms with Crippen LogP contribution in [0.4, 0.5) is 4.39 Å². The SMILES string of the molecule is CCc1ccc(S(=O)(=O)NCC#Cc2ccccc2F)s1. The first kappa shape index (κ1) is 15.7. The molecule has 3 nitrogen and oxygen atoms in total. The van der Waals surface area contributed by atoms with Crippen molar-refractivity contribution in [2.75, 3.05) is 6.54 Å². The Bertz CT molecular complexity index is 785. The molecule has 0 bridgehead atoms. The lowest BCUT2D eigenvalue weighted by Gasteiger charge is -1.99. The summed E-state index contributed by atoms with van der Waals surface area (Å²) in [5.74, 6) is 4.80. The highest BCUT2D eigenvalue weighted by atomic mass is 32.2. The van der Waals surface area contributed by atoms with E-state index in [9.17, 15) is 12.8 Å². The molecule has 1 heterocycles. The highest BCUT2D eigenvalue weighted by Crippen LogP contribution is 2.21. The van der Waals surface area contributed by atoms with Crippen molar-refractivity contribution in [3.63, 3.8) is 0 Å². The highest BCUT2D eigenvalue weighted by molar-refractivity contribution is 7.91. The average molecular weight is 323 g/mol. The quantitative estimate of drug-likeness (QED) is 0.880. The maximum atomic E-state index is 13.3. The van der Waals surface area contributed by atoms with E-state index in [2.05, 4.69) is 16.6 Å². The molecule has 0 saturated carbocycles. The molecule has 0 aliphatic carbocycles. The molecular weight excluding hydrogens is 309 g/mol. The number of sulfonamides is 1. The van der Waals surface area contributed by atoms with Crippen molar-refractivity contribution < 1.29 is 12.8 Å². The summed E-state index contributed by atoms with van der Waals surface area (Å²) < 4.78 is 40.0. The van der Waals surface area contributed by atoms with Gasteiger partial charge in [-0.25, -0.2) is 12.8 Å². The molecule has 0 aliphatic rings. The molecular formula is C15H14FNO2S2. The first-order valence-corrected chi connectivity index (χ1v) is 8.64.